The fraction of sp³-hybridized carbons (Fsp3) is 0.125. The lowest BCUT2D eigenvalue weighted by Crippen LogP contribution is -2.32. The van der Waals surface area contributed by atoms with Crippen LogP contribution in [0.1, 0.15) is 16.8 Å². The van der Waals surface area contributed by atoms with Crippen LogP contribution < -0.4 is 4.90 Å². The highest BCUT2D eigenvalue weighted by atomic mass is 16.6. The van der Waals surface area contributed by atoms with Crippen molar-refractivity contribution in [1.82, 2.24) is 0 Å². The van der Waals surface area contributed by atoms with E-state index in [1.807, 2.05) is 0 Å². The second kappa shape index (κ2) is 7.12. The number of nitrogens with zero attached hydrogens (tertiary/aromatic N) is 2. The number of hydrogen-bond acceptors (Lipinski definition) is 4. The summed E-state index contributed by atoms with van der Waals surface area (Å²) in [6.45, 7) is 0.0854. The Morgan fingerprint density at radius 1 is 1.09 bits per heavy atom. The van der Waals surface area contributed by atoms with Crippen molar-refractivity contribution in [3.63, 3.8) is 0 Å². The zero-order valence-corrected chi connectivity index (χ0v) is 11.7. The molecule has 0 aliphatic carbocycles. The maximum absolute atomic E-state index is 12.6. The Morgan fingerprint density at radius 2 is 1.73 bits per heavy atom. The largest absolute Gasteiger partial charge is 0.303 e. The first-order valence-electron chi connectivity index (χ1n) is 6.69. The van der Waals surface area contributed by atoms with E-state index in [-0.39, 0.29) is 30.2 Å². The van der Waals surface area contributed by atoms with Crippen molar-refractivity contribution in [2.24, 2.45) is 0 Å². The van der Waals surface area contributed by atoms with Gasteiger partial charge in [0.05, 0.1) is 4.92 Å². The number of benzene rings is 2. The SMILES string of the molecule is O=CCCN(C(=O)c1ccccc1)c1ccccc1[N+](=O)[O-]. The summed E-state index contributed by atoms with van der Waals surface area (Å²) in [5.74, 6) is -0.378. The van der Waals surface area contributed by atoms with Crippen LogP contribution in [0, 0.1) is 10.1 Å². The van der Waals surface area contributed by atoms with Gasteiger partial charge in [0.1, 0.15) is 12.0 Å². The molecule has 2 aromatic carbocycles. The Hall–Kier alpha value is -3.02. The average Bonchev–Trinajstić information content (AvgIpc) is 2.56. The maximum atomic E-state index is 12.6. The summed E-state index contributed by atoms with van der Waals surface area (Å²) in [6, 6.07) is 14.5. The van der Waals surface area contributed by atoms with E-state index in [0.29, 0.717) is 11.8 Å². The minimum Gasteiger partial charge on any atom is -0.303 e. The molecule has 22 heavy (non-hydrogen) atoms. The first-order valence-corrected chi connectivity index (χ1v) is 6.69. The molecule has 0 N–H and O–H groups in total. The quantitative estimate of drug-likeness (QED) is 0.466. The third kappa shape index (κ3) is 3.35. The van der Waals surface area contributed by atoms with Gasteiger partial charge in [0.15, 0.2) is 0 Å². The lowest BCUT2D eigenvalue weighted by molar-refractivity contribution is -0.384. The van der Waals surface area contributed by atoms with E-state index in [9.17, 15) is 19.7 Å². The highest BCUT2D eigenvalue weighted by Gasteiger charge is 2.24. The Balaban J connectivity index is 2.45. The van der Waals surface area contributed by atoms with Crippen LogP contribution in [0.4, 0.5) is 11.4 Å². The van der Waals surface area contributed by atoms with Gasteiger partial charge in [0.2, 0.25) is 0 Å². The number of carbonyl (C=O) groups is 2. The number of para-hydroxylation sites is 2. The first kappa shape index (κ1) is 15.4. The van der Waals surface area contributed by atoms with Crippen LogP contribution in [0.15, 0.2) is 54.6 Å². The second-order valence-corrected chi connectivity index (χ2v) is 4.52. The van der Waals surface area contributed by atoms with Crippen molar-refractivity contribution in [2.45, 2.75) is 6.42 Å². The van der Waals surface area contributed by atoms with Gasteiger partial charge in [-0.15, -0.1) is 0 Å². The van der Waals surface area contributed by atoms with Crippen LogP contribution >= 0.6 is 0 Å². The molecule has 0 aromatic heterocycles. The monoisotopic (exact) mass is 298 g/mol. The van der Waals surface area contributed by atoms with Gasteiger partial charge in [-0.05, 0) is 18.2 Å². The van der Waals surface area contributed by atoms with Crippen LogP contribution in [0.5, 0.6) is 0 Å². The minimum atomic E-state index is -0.540. The smallest absolute Gasteiger partial charge is 0.292 e. The van der Waals surface area contributed by atoms with Crippen molar-refractivity contribution in [3.05, 3.63) is 70.3 Å². The van der Waals surface area contributed by atoms with Crippen LogP contribution in [-0.2, 0) is 4.79 Å². The zero-order chi connectivity index (χ0) is 15.9. The van der Waals surface area contributed by atoms with Gasteiger partial charge >= 0.3 is 0 Å². The summed E-state index contributed by atoms with van der Waals surface area (Å²) in [5.41, 5.74) is 0.424. The molecule has 6 heteroatoms. The molecule has 2 aromatic rings. The van der Waals surface area contributed by atoms with Crippen molar-refractivity contribution >= 4 is 23.6 Å². The van der Waals surface area contributed by atoms with E-state index >= 15 is 0 Å². The van der Waals surface area contributed by atoms with Gasteiger partial charge in [-0.2, -0.15) is 0 Å². The Bertz CT molecular complexity index is 686. The highest BCUT2D eigenvalue weighted by Crippen LogP contribution is 2.28. The number of anilines is 1. The van der Waals surface area contributed by atoms with Crippen LogP contribution in [-0.4, -0.2) is 23.7 Å². The molecule has 0 saturated carbocycles. The van der Waals surface area contributed by atoms with Crippen LogP contribution in [0.25, 0.3) is 0 Å². The van der Waals surface area contributed by atoms with E-state index in [0.717, 1.165) is 0 Å². The molecule has 0 aliphatic heterocycles. The molecule has 0 aliphatic rings. The number of aldehydes is 1. The summed E-state index contributed by atoms with van der Waals surface area (Å²) in [4.78, 5) is 35.1. The molecule has 2 rings (SSSR count). The lowest BCUT2D eigenvalue weighted by atomic mass is 10.1. The fourth-order valence-electron chi connectivity index (χ4n) is 2.10. The highest BCUT2D eigenvalue weighted by molar-refractivity contribution is 6.07. The maximum Gasteiger partial charge on any atom is 0.292 e. The molecule has 1 amide bonds. The molecular formula is C16H14N2O4. The summed E-state index contributed by atoms with van der Waals surface area (Å²) >= 11 is 0. The number of hydrogen-bond donors (Lipinski definition) is 0. The molecule has 0 radical (unpaired) electrons. The molecular weight excluding hydrogens is 284 g/mol. The molecule has 0 spiro atoms. The fourth-order valence-corrected chi connectivity index (χ4v) is 2.10. The number of nitro groups is 1. The number of carbonyl (C=O) groups excluding carboxylic acids is 2. The van der Waals surface area contributed by atoms with Crippen LogP contribution in [0.3, 0.4) is 0 Å². The van der Waals surface area contributed by atoms with Gasteiger partial charge in [-0.1, -0.05) is 30.3 Å². The Morgan fingerprint density at radius 3 is 2.36 bits per heavy atom. The van der Waals surface area contributed by atoms with Gasteiger partial charge < -0.3 is 9.69 Å². The van der Waals surface area contributed by atoms with Crippen molar-refractivity contribution in [3.8, 4) is 0 Å². The number of nitro benzene ring substituents is 1. The third-order valence-electron chi connectivity index (χ3n) is 3.11. The number of amides is 1. The van der Waals surface area contributed by atoms with Crippen molar-refractivity contribution in [2.75, 3.05) is 11.4 Å². The summed E-state index contributed by atoms with van der Waals surface area (Å²) < 4.78 is 0. The van der Waals surface area contributed by atoms with E-state index in [1.165, 1.54) is 23.1 Å². The lowest BCUT2D eigenvalue weighted by Gasteiger charge is -2.21. The average molecular weight is 298 g/mol. The first-order chi connectivity index (χ1) is 10.6. The van der Waals surface area contributed by atoms with Gasteiger partial charge in [0.25, 0.3) is 11.6 Å². The Labute approximate surface area is 127 Å². The molecule has 0 atom stereocenters. The summed E-state index contributed by atoms with van der Waals surface area (Å²) in [7, 11) is 0. The minimum absolute atomic E-state index is 0.0854. The summed E-state index contributed by atoms with van der Waals surface area (Å²) in [6.07, 6.45) is 0.782. The van der Waals surface area contributed by atoms with Gasteiger partial charge in [-0.3, -0.25) is 14.9 Å². The van der Waals surface area contributed by atoms with Crippen molar-refractivity contribution < 1.29 is 14.5 Å². The molecule has 0 bridgehead atoms. The van der Waals surface area contributed by atoms with E-state index in [4.69, 9.17) is 0 Å². The van der Waals surface area contributed by atoms with Crippen LogP contribution in [0.2, 0.25) is 0 Å². The molecule has 0 fully saturated rings. The zero-order valence-electron chi connectivity index (χ0n) is 11.7. The Kier molecular flexibility index (Phi) is 4.98. The molecule has 0 heterocycles. The molecule has 112 valence electrons. The molecule has 0 saturated heterocycles. The van der Waals surface area contributed by atoms with E-state index in [2.05, 4.69) is 0 Å². The van der Waals surface area contributed by atoms with E-state index < -0.39 is 4.92 Å². The predicted octanol–water partition coefficient (Wildman–Crippen LogP) is 2.83. The normalized spacial score (nSPS) is 10.0. The third-order valence-corrected chi connectivity index (χ3v) is 3.11. The molecule has 0 unspecified atom stereocenters. The van der Waals surface area contributed by atoms with Gasteiger partial charge in [-0.25, -0.2) is 0 Å². The standard InChI is InChI=1S/C16H14N2O4/c19-12-6-11-17(16(20)13-7-2-1-3-8-13)14-9-4-5-10-15(14)18(21)22/h1-5,7-10,12H,6,11H2. The van der Waals surface area contributed by atoms with Crippen molar-refractivity contribution in [1.29, 1.82) is 0 Å². The topological polar surface area (TPSA) is 80.5 Å². The molecule has 6 nitrogen and oxygen atoms in total. The van der Waals surface area contributed by atoms with Gasteiger partial charge in [0, 0.05) is 24.6 Å². The predicted molar refractivity (Wildman–Crippen MR) is 81.9 cm³/mol. The summed E-state index contributed by atoms with van der Waals surface area (Å²) in [5, 5.41) is 11.2. The number of rotatable bonds is 6. The second-order valence-electron chi connectivity index (χ2n) is 4.52. The van der Waals surface area contributed by atoms with E-state index in [1.54, 1.807) is 36.4 Å².